The van der Waals surface area contributed by atoms with E-state index in [1.165, 1.54) is 17.4 Å². The summed E-state index contributed by atoms with van der Waals surface area (Å²) in [6.07, 6.45) is 3.37. The smallest absolute Gasteiger partial charge is 0.261 e. The highest BCUT2D eigenvalue weighted by molar-refractivity contribution is 7.23. The minimum atomic E-state index is -0.310. The van der Waals surface area contributed by atoms with E-state index in [9.17, 15) is 4.79 Å². The second-order valence-electron chi connectivity index (χ2n) is 6.30. The molecular weight excluding hydrogens is 465 g/mol. The van der Waals surface area contributed by atoms with E-state index in [0.717, 1.165) is 10.3 Å². The number of pyridine rings is 1. The van der Waals surface area contributed by atoms with Crippen LogP contribution in [0.3, 0.4) is 0 Å². The second-order valence-corrected chi connectivity index (χ2v) is 8.53. The third-order valence-electron chi connectivity index (χ3n) is 4.37. The Bertz CT molecular complexity index is 1230. The van der Waals surface area contributed by atoms with Crippen LogP contribution in [0.4, 0.5) is 5.13 Å². The van der Waals surface area contributed by atoms with Crippen molar-refractivity contribution in [1.29, 1.82) is 0 Å². The predicted molar refractivity (Wildman–Crippen MR) is 122 cm³/mol. The monoisotopic (exact) mass is 477 g/mol. The van der Waals surface area contributed by atoms with E-state index in [2.05, 4.69) is 9.97 Å². The van der Waals surface area contributed by atoms with E-state index in [1.807, 2.05) is 12.1 Å². The summed E-state index contributed by atoms with van der Waals surface area (Å²) in [6.45, 7) is 0.255. The quantitative estimate of drug-likeness (QED) is 0.328. The number of halogens is 3. The molecule has 0 aliphatic rings. The van der Waals surface area contributed by atoms with Gasteiger partial charge in [-0.15, -0.1) is 0 Å². The van der Waals surface area contributed by atoms with Crippen molar-refractivity contribution in [2.24, 2.45) is 0 Å². The lowest BCUT2D eigenvalue weighted by atomic mass is 10.2. The number of carbonyl (C=O) groups is 1. The summed E-state index contributed by atoms with van der Waals surface area (Å²) in [7, 11) is 1.56. The van der Waals surface area contributed by atoms with Crippen LogP contribution < -0.4 is 9.64 Å². The van der Waals surface area contributed by atoms with Crippen LogP contribution >= 0.6 is 46.1 Å². The molecule has 0 fully saturated rings. The van der Waals surface area contributed by atoms with Gasteiger partial charge in [0, 0.05) is 17.4 Å². The highest BCUT2D eigenvalue weighted by Gasteiger charge is 2.25. The maximum Gasteiger partial charge on any atom is 0.261 e. The van der Waals surface area contributed by atoms with Gasteiger partial charge in [0.2, 0.25) is 0 Å². The van der Waals surface area contributed by atoms with Crippen molar-refractivity contribution in [2.75, 3.05) is 12.0 Å². The Hall–Kier alpha value is -2.38. The third-order valence-corrected chi connectivity index (χ3v) is 6.45. The number of anilines is 1. The minimum Gasteiger partial charge on any atom is -0.494 e. The Balaban J connectivity index is 1.84. The van der Waals surface area contributed by atoms with Crippen molar-refractivity contribution in [3.63, 3.8) is 0 Å². The number of hydrogen-bond donors (Lipinski definition) is 0. The van der Waals surface area contributed by atoms with Gasteiger partial charge in [0.15, 0.2) is 5.13 Å². The van der Waals surface area contributed by atoms with Gasteiger partial charge in [-0.3, -0.25) is 14.7 Å². The maximum absolute atomic E-state index is 13.5. The molecule has 5 nitrogen and oxygen atoms in total. The number of carbonyl (C=O) groups excluding carboxylic acids is 1. The topological polar surface area (TPSA) is 55.3 Å². The molecule has 0 aliphatic heterocycles. The highest BCUT2D eigenvalue weighted by Crippen LogP contribution is 2.39. The summed E-state index contributed by atoms with van der Waals surface area (Å²) < 4.78 is 6.14. The van der Waals surface area contributed by atoms with Crippen LogP contribution in [0.25, 0.3) is 10.2 Å². The van der Waals surface area contributed by atoms with E-state index in [1.54, 1.807) is 48.7 Å². The van der Waals surface area contributed by atoms with Crippen molar-refractivity contribution >= 4 is 67.4 Å². The molecule has 30 heavy (non-hydrogen) atoms. The van der Waals surface area contributed by atoms with Gasteiger partial charge >= 0.3 is 0 Å². The molecule has 2 aromatic heterocycles. The van der Waals surface area contributed by atoms with Crippen LogP contribution in [0.2, 0.25) is 15.1 Å². The first kappa shape index (κ1) is 20.9. The minimum absolute atomic E-state index is 0.255. The molecule has 1 amide bonds. The van der Waals surface area contributed by atoms with Crippen LogP contribution in [0.5, 0.6) is 5.75 Å². The second kappa shape index (κ2) is 8.78. The molecule has 0 spiro atoms. The molecule has 2 aromatic carbocycles. The highest BCUT2D eigenvalue weighted by atomic mass is 35.5. The standard InChI is InChI=1S/C21H14Cl3N3O2S/c1-29-17-7-6-15(23)19-18(17)26-21(30-19)27(11-12-3-2-8-25-10-12)20(28)14-5-4-13(22)9-16(14)24/h2-10H,11H2,1H3. The lowest BCUT2D eigenvalue weighted by Crippen LogP contribution is -2.30. The first-order valence-corrected chi connectivity index (χ1v) is 10.7. The molecule has 0 N–H and O–H groups in total. The number of methoxy groups -OCH3 is 1. The molecule has 0 unspecified atom stereocenters. The summed E-state index contributed by atoms with van der Waals surface area (Å²) in [5.41, 5.74) is 1.76. The number of fused-ring (bicyclic) bond motifs is 1. The number of aromatic nitrogens is 2. The first-order valence-electron chi connectivity index (χ1n) is 8.77. The zero-order chi connectivity index (χ0) is 21.3. The number of benzene rings is 2. The van der Waals surface area contributed by atoms with Gasteiger partial charge in [-0.25, -0.2) is 4.98 Å². The number of ether oxygens (including phenoxy) is 1. The van der Waals surface area contributed by atoms with Crippen LogP contribution in [0.1, 0.15) is 15.9 Å². The molecule has 0 saturated carbocycles. The summed E-state index contributed by atoms with van der Waals surface area (Å²) in [5.74, 6) is 0.268. The normalized spacial score (nSPS) is 10.9. The predicted octanol–water partition coefficient (Wildman–Crippen LogP) is 6.51. The Morgan fingerprint density at radius 1 is 1.13 bits per heavy atom. The van der Waals surface area contributed by atoms with Crippen molar-refractivity contribution in [2.45, 2.75) is 6.54 Å². The van der Waals surface area contributed by atoms with Gasteiger partial charge < -0.3 is 4.74 Å². The lowest BCUT2D eigenvalue weighted by Gasteiger charge is -2.20. The van der Waals surface area contributed by atoms with Gasteiger partial charge in [-0.2, -0.15) is 0 Å². The third kappa shape index (κ3) is 4.09. The Morgan fingerprint density at radius 2 is 1.97 bits per heavy atom. The molecule has 0 saturated heterocycles. The van der Waals surface area contributed by atoms with Gasteiger partial charge in [0.1, 0.15) is 11.3 Å². The molecule has 9 heteroatoms. The molecule has 2 heterocycles. The summed E-state index contributed by atoms with van der Waals surface area (Å²) >= 11 is 20.0. The average molecular weight is 479 g/mol. The van der Waals surface area contributed by atoms with E-state index in [0.29, 0.717) is 32.0 Å². The van der Waals surface area contributed by atoms with Gasteiger partial charge in [-0.05, 0) is 42.0 Å². The molecule has 0 aliphatic carbocycles. The van der Waals surface area contributed by atoms with E-state index in [-0.39, 0.29) is 17.5 Å². The molecule has 0 atom stereocenters. The molecule has 0 bridgehead atoms. The first-order chi connectivity index (χ1) is 14.5. The average Bonchev–Trinajstić information content (AvgIpc) is 3.19. The fraction of sp³-hybridized carbons (Fsp3) is 0.0952. The van der Waals surface area contributed by atoms with Gasteiger partial charge in [0.25, 0.3) is 5.91 Å². The zero-order valence-electron chi connectivity index (χ0n) is 15.6. The Labute approximate surface area is 191 Å². The SMILES string of the molecule is COc1ccc(Cl)c2sc(N(Cc3cccnc3)C(=O)c3ccc(Cl)cc3Cl)nc12. The molecule has 4 rings (SSSR count). The van der Waals surface area contributed by atoms with Crippen molar-refractivity contribution in [1.82, 2.24) is 9.97 Å². The number of hydrogen-bond acceptors (Lipinski definition) is 5. The number of nitrogens with zero attached hydrogens (tertiary/aromatic N) is 3. The number of rotatable bonds is 5. The molecular formula is C21H14Cl3N3O2S. The van der Waals surface area contributed by atoms with Crippen LogP contribution in [-0.4, -0.2) is 23.0 Å². The van der Waals surface area contributed by atoms with E-state index >= 15 is 0 Å². The Morgan fingerprint density at radius 3 is 2.67 bits per heavy atom. The molecule has 4 aromatic rings. The molecule has 0 radical (unpaired) electrons. The van der Waals surface area contributed by atoms with Crippen molar-refractivity contribution in [3.8, 4) is 5.75 Å². The fourth-order valence-electron chi connectivity index (χ4n) is 2.93. The van der Waals surface area contributed by atoms with Crippen LogP contribution in [0, 0.1) is 0 Å². The van der Waals surface area contributed by atoms with Crippen LogP contribution in [0.15, 0.2) is 54.9 Å². The maximum atomic E-state index is 13.5. The van der Waals surface area contributed by atoms with Crippen molar-refractivity contribution < 1.29 is 9.53 Å². The summed E-state index contributed by atoms with van der Waals surface area (Å²) in [6, 6.07) is 12.0. The van der Waals surface area contributed by atoms with Crippen LogP contribution in [-0.2, 0) is 6.54 Å². The summed E-state index contributed by atoms with van der Waals surface area (Å²) in [4.78, 5) is 23.8. The van der Waals surface area contributed by atoms with Crippen molar-refractivity contribution in [3.05, 3.63) is 81.1 Å². The zero-order valence-corrected chi connectivity index (χ0v) is 18.7. The summed E-state index contributed by atoms with van der Waals surface area (Å²) in [5, 5.41) is 1.72. The fourth-order valence-corrected chi connectivity index (χ4v) is 4.67. The number of amides is 1. The van der Waals surface area contributed by atoms with Gasteiger partial charge in [0.05, 0.1) is 34.0 Å². The number of thiazole rings is 1. The lowest BCUT2D eigenvalue weighted by molar-refractivity contribution is 0.0985. The molecule has 152 valence electrons. The van der Waals surface area contributed by atoms with Gasteiger partial charge in [-0.1, -0.05) is 52.2 Å². The van der Waals surface area contributed by atoms with E-state index in [4.69, 9.17) is 39.5 Å². The van der Waals surface area contributed by atoms with E-state index < -0.39 is 0 Å². The largest absolute Gasteiger partial charge is 0.494 e. The Kier molecular flexibility index (Phi) is 6.11.